The van der Waals surface area contributed by atoms with Gasteiger partial charge in [0.05, 0.1) is 35.8 Å². The summed E-state index contributed by atoms with van der Waals surface area (Å²) in [6.45, 7) is 14.1. The molecule has 0 aromatic carbocycles. The van der Waals surface area contributed by atoms with Gasteiger partial charge in [-0.2, -0.15) is 27.0 Å². The van der Waals surface area contributed by atoms with Gasteiger partial charge in [0.1, 0.15) is 46.2 Å². The second-order valence-corrected chi connectivity index (χ2v) is 14.5. The monoisotopic (exact) mass is 818 g/mol. The Balaban J connectivity index is 0.000000289. The van der Waals surface area contributed by atoms with E-state index in [4.69, 9.17) is 49.8 Å². The van der Waals surface area contributed by atoms with E-state index in [1.54, 1.807) is 6.08 Å². The number of nitrogens with zero attached hydrogens (tertiary/aromatic N) is 8. The molecular formula is C34H49Cl3N8O5S2. The van der Waals surface area contributed by atoms with E-state index in [1.165, 1.54) is 12.7 Å². The maximum atomic E-state index is 10.1. The van der Waals surface area contributed by atoms with E-state index in [-0.39, 0.29) is 72.8 Å². The molecule has 0 bridgehead atoms. The Morgan fingerprint density at radius 3 is 2.15 bits per heavy atom. The van der Waals surface area contributed by atoms with Crippen LogP contribution in [0.1, 0.15) is 84.7 Å². The Hall–Kier alpha value is -2.17. The van der Waals surface area contributed by atoms with E-state index in [1.807, 2.05) is 26.8 Å². The third-order valence-electron chi connectivity index (χ3n) is 10.5. The summed E-state index contributed by atoms with van der Waals surface area (Å²) in [6, 6.07) is 1.66. The van der Waals surface area contributed by atoms with Gasteiger partial charge in [-0.05, 0) is 64.0 Å². The standard InChI is InChI=1S/C18H24ClN3O2.C10H17N3O2.C6H4Cl2N2O.2H2S/c1-5-18(6-2)9-12(13-14(18)24-17(3,4)23-13)22-8-7-11-15(19)20-10-21-16(11)22;1-3-5-10(4-2)6-7(12-13-11)8(14)9(10)15;7-5-4(1-2-11)6(8)10-3-9-5;;/h7-8,10,12-14H,5-6,9H2,1-4H3;3,7-9,14-15H,1,4-6H2,2H3;2-3H,1H2;2*1H2/t12-,13+,14+;7-,8+,9+,10+;;;/m11.../s1. The van der Waals surface area contributed by atoms with Crippen LogP contribution in [0.4, 0.5) is 0 Å². The van der Waals surface area contributed by atoms with Gasteiger partial charge >= 0.3 is 0 Å². The number of aliphatic hydroxyl groups excluding tert-OH is 2. The molecule has 1 aliphatic heterocycles. The molecule has 0 unspecified atom stereocenters. The van der Waals surface area contributed by atoms with E-state index in [0.717, 1.165) is 36.7 Å². The Morgan fingerprint density at radius 2 is 1.60 bits per heavy atom. The summed E-state index contributed by atoms with van der Waals surface area (Å²) >= 11 is 17.5. The highest BCUT2D eigenvalue weighted by Gasteiger charge is 2.60. The topological polar surface area (TPSA) is 181 Å². The molecule has 1 saturated heterocycles. The molecule has 0 radical (unpaired) electrons. The maximum Gasteiger partial charge on any atom is 0.163 e. The smallest absolute Gasteiger partial charge is 0.163 e. The Labute approximate surface area is 333 Å². The number of carbonyl (C=O) groups excluding carboxylic acids is 1. The van der Waals surface area contributed by atoms with Gasteiger partial charge in [0, 0.05) is 33.9 Å². The zero-order chi connectivity index (χ0) is 36.9. The fraction of sp³-hybridized carbons (Fsp3) is 0.618. The van der Waals surface area contributed by atoms with Crippen LogP contribution in [0.2, 0.25) is 15.5 Å². The first-order chi connectivity index (χ1) is 23.8. The number of ether oxygens (including phenoxy) is 2. The second-order valence-electron chi connectivity index (χ2n) is 13.4. The van der Waals surface area contributed by atoms with Gasteiger partial charge in [-0.25, -0.2) is 19.9 Å². The van der Waals surface area contributed by atoms with Gasteiger partial charge in [0.2, 0.25) is 0 Å². The number of azide groups is 1. The Bertz CT molecular complexity index is 1690. The number of aromatic nitrogens is 5. The van der Waals surface area contributed by atoms with E-state index in [0.29, 0.717) is 29.8 Å². The summed E-state index contributed by atoms with van der Waals surface area (Å²) in [7, 11) is 0. The zero-order valence-electron chi connectivity index (χ0n) is 29.9. The fourth-order valence-corrected chi connectivity index (χ4v) is 8.28. The lowest BCUT2D eigenvalue weighted by Gasteiger charge is -2.33. The first kappa shape index (κ1) is 46.0. The average molecular weight is 820 g/mol. The number of aldehydes is 1. The van der Waals surface area contributed by atoms with Crippen molar-refractivity contribution >= 4 is 79.1 Å². The molecule has 288 valence electrons. The molecule has 0 spiro atoms. The SMILES string of the molecule is C=CC[C@@]1(CC)C[C@@H](N=[N+]=[N-])[C@H](O)[C@@H]1O.CCC1(CC)C[C@@H](n2ccc3c(Cl)ncnc32)[C@@H]2OC(C)(C)O[C@@H]21.O=CCc1c(Cl)ncnc1Cl.S.S. The largest absolute Gasteiger partial charge is 0.390 e. The van der Waals surface area contributed by atoms with Crippen molar-refractivity contribution in [2.75, 3.05) is 0 Å². The first-order valence-corrected chi connectivity index (χ1v) is 17.8. The van der Waals surface area contributed by atoms with Gasteiger partial charge in [-0.15, -0.1) is 6.58 Å². The molecule has 3 aliphatic rings. The summed E-state index contributed by atoms with van der Waals surface area (Å²) in [5, 5.41) is 25.1. The number of rotatable bonds is 9. The Morgan fingerprint density at radius 1 is 1.00 bits per heavy atom. The van der Waals surface area contributed by atoms with Crippen LogP contribution in [-0.4, -0.2) is 77.2 Å². The predicted octanol–water partition coefficient (Wildman–Crippen LogP) is 7.87. The van der Waals surface area contributed by atoms with Crippen LogP contribution in [0.3, 0.4) is 0 Å². The van der Waals surface area contributed by atoms with E-state index < -0.39 is 24.0 Å². The number of allylic oxidation sites excluding steroid dienone is 1. The maximum absolute atomic E-state index is 10.1. The summed E-state index contributed by atoms with van der Waals surface area (Å²) in [5.41, 5.74) is 9.44. The number of hydrogen-bond donors (Lipinski definition) is 2. The molecule has 3 aromatic heterocycles. The molecule has 2 N–H and O–H groups in total. The van der Waals surface area contributed by atoms with Gasteiger partial charge in [-0.3, -0.25) is 0 Å². The van der Waals surface area contributed by atoms with Crippen LogP contribution in [-0.2, 0) is 20.7 Å². The van der Waals surface area contributed by atoms with Crippen LogP contribution in [0.25, 0.3) is 21.5 Å². The highest BCUT2D eigenvalue weighted by Crippen LogP contribution is 2.57. The lowest BCUT2D eigenvalue weighted by atomic mass is 9.78. The molecule has 13 nitrogen and oxygen atoms in total. The minimum atomic E-state index is -0.958. The molecule has 4 heterocycles. The van der Waals surface area contributed by atoms with Crippen LogP contribution in [0.15, 0.2) is 42.7 Å². The molecule has 52 heavy (non-hydrogen) atoms. The molecule has 7 atom stereocenters. The Kier molecular flexibility index (Phi) is 17.2. The van der Waals surface area contributed by atoms with Crippen molar-refractivity contribution in [3.8, 4) is 0 Å². The van der Waals surface area contributed by atoms with Crippen LogP contribution in [0, 0.1) is 10.8 Å². The number of carbonyl (C=O) groups is 1. The lowest BCUT2D eigenvalue weighted by molar-refractivity contribution is -0.169. The molecule has 3 fully saturated rings. The van der Waals surface area contributed by atoms with Crippen molar-refractivity contribution in [1.29, 1.82) is 0 Å². The molecule has 2 aliphatic carbocycles. The molecule has 6 rings (SSSR count). The average Bonchev–Trinajstić information content (AvgIpc) is 3.81. The normalized spacial score (nSPS) is 27.7. The van der Waals surface area contributed by atoms with E-state index >= 15 is 0 Å². The molecule has 2 saturated carbocycles. The summed E-state index contributed by atoms with van der Waals surface area (Å²) in [6.07, 6.45) is 10.8. The zero-order valence-corrected chi connectivity index (χ0v) is 34.2. The first-order valence-electron chi connectivity index (χ1n) is 16.7. The van der Waals surface area contributed by atoms with Crippen molar-refractivity contribution in [3.05, 3.63) is 69.0 Å². The summed E-state index contributed by atoms with van der Waals surface area (Å²) in [5.74, 6) is -0.542. The van der Waals surface area contributed by atoms with Crippen LogP contribution < -0.4 is 0 Å². The summed E-state index contributed by atoms with van der Waals surface area (Å²) < 4.78 is 14.9. The number of fused-ring (bicyclic) bond motifs is 2. The van der Waals surface area contributed by atoms with Gasteiger partial charge < -0.3 is 29.0 Å². The van der Waals surface area contributed by atoms with Crippen molar-refractivity contribution in [2.45, 2.75) is 122 Å². The van der Waals surface area contributed by atoms with Crippen molar-refractivity contribution < 1.29 is 24.5 Å². The number of hydrogen-bond acceptors (Lipinski definition) is 10. The highest BCUT2D eigenvalue weighted by atomic mass is 35.5. The van der Waals surface area contributed by atoms with Gasteiger partial charge in [-0.1, -0.05) is 66.8 Å². The van der Waals surface area contributed by atoms with E-state index in [9.17, 15) is 15.0 Å². The lowest BCUT2D eigenvalue weighted by Crippen LogP contribution is -2.36. The third-order valence-corrected chi connectivity index (χ3v) is 11.4. The van der Waals surface area contributed by atoms with Gasteiger partial charge in [0.15, 0.2) is 5.79 Å². The van der Waals surface area contributed by atoms with Crippen LogP contribution in [0.5, 0.6) is 0 Å². The minimum absolute atomic E-state index is 0. The van der Waals surface area contributed by atoms with Gasteiger partial charge in [0.25, 0.3) is 0 Å². The minimum Gasteiger partial charge on any atom is -0.390 e. The highest BCUT2D eigenvalue weighted by molar-refractivity contribution is 7.59. The van der Waals surface area contributed by atoms with E-state index in [2.05, 4.69) is 61.2 Å². The molecule has 18 heteroatoms. The summed E-state index contributed by atoms with van der Waals surface area (Å²) in [4.78, 5) is 28.7. The van der Waals surface area contributed by atoms with Crippen LogP contribution >= 0.6 is 61.8 Å². The molecule has 0 amide bonds. The molecular weight excluding hydrogens is 771 g/mol. The second kappa shape index (κ2) is 19.4. The molecule has 3 aromatic rings. The predicted molar refractivity (Wildman–Crippen MR) is 213 cm³/mol. The van der Waals surface area contributed by atoms with Crippen molar-refractivity contribution in [1.82, 2.24) is 24.5 Å². The number of halogens is 3. The fourth-order valence-electron chi connectivity index (χ4n) is 7.62. The third kappa shape index (κ3) is 9.37. The number of aliphatic hydroxyl groups is 2. The quantitative estimate of drug-likeness (QED) is 0.0542. The van der Waals surface area contributed by atoms with Crippen molar-refractivity contribution in [3.63, 3.8) is 0 Å². The van der Waals surface area contributed by atoms with Crippen molar-refractivity contribution in [2.24, 2.45) is 15.9 Å².